The monoisotopic (exact) mass is 481 g/mol. The van der Waals surface area contributed by atoms with E-state index < -0.39 is 18.1 Å². The van der Waals surface area contributed by atoms with Crippen molar-refractivity contribution in [3.05, 3.63) is 33.1 Å². The fourth-order valence-corrected chi connectivity index (χ4v) is 6.29. The molecule has 0 saturated heterocycles. The van der Waals surface area contributed by atoms with E-state index >= 15 is 0 Å². The predicted octanol–water partition coefficient (Wildman–Crippen LogP) is 5.20. The SMILES string of the molecule is CC1CCCC(NC(=O)c2ccc3sc(C(F)(F)P(=O)(O)O)c(Br)c3c2)C1. The molecule has 2 aromatic rings. The summed E-state index contributed by atoms with van der Waals surface area (Å²) < 4.78 is 39.7. The third kappa shape index (κ3) is 4.12. The molecule has 2 unspecified atom stereocenters. The van der Waals surface area contributed by atoms with Crippen molar-refractivity contribution in [2.75, 3.05) is 0 Å². The lowest BCUT2D eigenvalue weighted by atomic mass is 9.87. The van der Waals surface area contributed by atoms with E-state index in [1.807, 2.05) is 0 Å². The molecular formula is C17H19BrF2NO4PS. The van der Waals surface area contributed by atoms with Crippen LogP contribution in [0.2, 0.25) is 0 Å². The van der Waals surface area contributed by atoms with Crippen LogP contribution in [0, 0.1) is 5.92 Å². The Bertz CT molecular complexity index is 929. The molecule has 3 rings (SSSR count). The lowest BCUT2D eigenvalue weighted by molar-refractivity contribution is 0.0595. The Morgan fingerprint density at radius 1 is 1.37 bits per heavy atom. The molecule has 1 aliphatic carbocycles. The van der Waals surface area contributed by atoms with Crippen LogP contribution in [0.4, 0.5) is 8.78 Å². The second-order valence-corrected chi connectivity index (χ2v) is 10.5. The number of amides is 1. The number of nitrogens with one attached hydrogen (secondary N) is 1. The van der Waals surface area contributed by atoms with Crippen LogP contribution in [-0.4, -0.2) is 21.7 Å². The van der Waals surface area contributed by atoms with Crippen LogP contribution >= 0.6 is 34.9 Å². The van der Waals surface area contributed by atoms with Crippen molar-refractivity contribution in [3.8, 4) is 0 Å². The minimum Gasteiger partial charge on any atom is -0.349 e. The third-order valence-electron chi connectivity index (χ3n) is 4.80. The molecule has 1 aromatic carbocycles. The number of hydrogen-bond acceptors (Lipinski definition) is 3. The van der Waals surface area contributed by atoms with Crippen molar-refractivity contribution in [2.24, 2.45) is 5.92 Å². The first kappa shape index (κ1) is 20.9. The number of halogens is 3. The van der Waals surface area contributed by atoms with Gasteiger partial charge in [0.05, 0.1) is 0 Å². The number of carbonyl (C=O) groups excluding carboxylic acids is 1. The van der Waals surface area contributed by atoms with Gasteiger partial charge in [-0.25, -0.2) is 0 Å². The van der Waals surface area contributed by atoms with Gasteiger partial charge < -0.3 is 15.1 Å². The number of carbonyl (C=O) groups is 1. The zero-order valence-electron chi connectivity index (χ0n) is 14.4. The molecule has 0 radical (unpaired) electrons. The average Bonchev–Trinajstić information content (AvgIpc) is 2.91. The summed E-state index contributed by atoms with van der Waals surface area (Å²) in [7, 11) is -5.67. The van der Waals surface area contributed by atoms with Gasteiger partial charge in [0.15, 0.2) is 0 Å². The summed E-state index contributed by atoms with van der Waals surface area (Å²) in [5, 5.41) is 3.31. The van der Waals surface area contributed by atoms with E-state index in [0.29, 0.717) is 32.9 Å². The highest BCUT2D eigenvalue weighted by Crippen LogP contribution is 2.62. The van der Waals surface area contributed by atoms with Crippen molar-refractivity contribution in [1.82, 2.24) is 5.32 Å². The van der Waals surface area contributed by atoms with Gasteiger partial charge in [0.1, 0.15) is 4.88 Å². The number of thiophene rings is 1. The number of benzene rings is 1. The fraction of sp³-hybridized carbons (Fsp3) is 0.471. The summed E-state index contributed by atoms with van der Waals surface area (Å²) in [6.45, 7) is 2.15. The number of rotatable bonds is 4. The quantitative estimate of drug-likeness (QED) is 0.523. The lowest BCUT2D eigenvalue weighted by Gasteiger charge is -2.27. The van der Waals surface area contributed by atoms with Gasteiger partial charge in [-0.15, -0.1) is 11.3 Å². The Kier molecular flexibility index (Phi) is 5.81. The summed E-state index contributed by atoms with van der Waals surface area (Å²) in [6, 6.07) is 4.61. The number of alkyl halides is 2. The topological polar surface area (TPSA) is 86.6 Å². The lowest BCUT2D eigenvalue weighted by Crippen LogP contribution is -2.37. The number of hydrogen-bond donors (Lipinski definition) is 3. The highest BCUT2D eigenvalue weighted by atomic mass is 79.9. The van der Waals surface area contributed by atoms with E-state index in [1.165, 1.54) is 18.2 Å². The Morgan fingerprint density at radius 2 is 2.07 bits per heavy atom. The summed E-state index contributed by atoms with van der Waals surface area (Å²) >= 11 is 3.62. The molecule has 1 saturated carbocycles. The molecule has 27 heavy (non-hydrogen) atoms. The van der Waals surface area contributed by atoms with Crippen molar-refractivity contribution in [1.29, 1.82) is 0 Å². The predicted molar refractivity (Wildman–Crippen MR) is 104 cm³/mol. The molecule has 1 amide bonds. The van der Waals surface area contributed by atoms with Crippen molar-refractivity contribution in [2.45, 2.75) is 44.3 Å². The summed E-state index contributed by atoms with van der Waals surface area (Å²) in [6.07, 6.45) is 4.03. The standard InChI is InChI=1S/C17H19BrF2NO4PS/c1-9-3-2-4-11(7-9)21-16(22)10-5-6-13-12(8-10)14(18)15(27-13)17(19,20)26(23,24)25/h5-6,8-9,11H,2-4,7H2,1H3,(H,21,22)(H2,23,24,25). The Hall–Kier alpha value is -0.860. The highest BCUT2D eigenvalue weighted by molar-refractivity contribution is 9.10. The normalized spacial score (nSPS) is 21.4. The Morgan fingerprint density at radius 3 is 2.70 bits per heavy atom. The van der Waals surface area contributed by atoms with Gasteiger partial charge in [-0.05, 0) is 52.9 Å². The Balaban J connectivity index is 1.90. The minimum atomic E-state index is -5.67. The molecule has 148 valence electrons. The summed E-state index contributed by atoms with van der Waals surface area (Å²) in [5.74, 6) is 0.271. The van der Waals surface area contributed by atoms with Gasteiger partial charge in [0, 0.05) is 26.2 Å². The molecule has 1 aliphatic rings. The van der Waals surface area contributed by atoms with E-state index in [9.17, 15) is 18.1 Å². The maximum absolute atomic E-state index is 14.1. The largest absolute Gasteiger partial charge is 0.400 e. The van der Waals surface area contributed by atoms with E-state index in [1.54, 1.807) is 0 Å². The molecule has 0 bridgehead atoms. The van der Waals surface area contributed by atoms with Crippen LogP contribution in [0.1, 0.15) is 47.8 Å². The van der Waals surface area contributed by atoms with Crippen molar-refractivity contribution in [3.63, 3.8) is 0 Å². The van der Waals surface area contributed by atoms with Crippen molar-refractivity contribution >= 4 is 50.9 Å². The summed E-state index contributed by atoms with van der Waals surface area (Å²) in [4.78, 5) is 29.8. The molecule has 1 fully saturated rings. The van der Waals surface area contributed by atoms with Crippen LogP contribution in [0.25, 0.3) is 10.1 Å². The molecule has 5 nitrogen and oxygen atoms in total. The van der Waals surface area contributed by atoms with Gasteiger partial charge in [-0.2, -0.15) is 8.78 Å². The van der Waals surface area contributed by atoms with Crippen LogP contribution in [-0.2, 0) is 10.2 Å². The molecule has 10 heteroatoms. The molecule has 3 N–H and O–H groups in total. The fourth-order valence-electron chi connectivity index (χ4n) is 3.37. The number of fused-ring (bicyclic) bond motifs is 1. The Labute approximate surface area is 167 Å². The zero-order chi connectivity index (χ0) is 20.0. The maximum atomic E-state index is 14.1. The minimum absolute atomic E-state index is 0.0948. The highest BCUT2D eigenvalue weighted by Gasteiger charge is 2.53. The smallest absolute Gasteiger partial charge is 0.349 e. The first-order chi connectivity index (χ1) is 12.5. The summed E-state index contributed by atoms with van der Waals surface area (Å²) in [5.41, 5.74) is -3.97. The van der Waals surface area contributed by atoms with Gasteiger partial charge >= 0.3 is 13.3 Å². The molecule has 0 aliphatic heterocycles. The van der Waals surface area contributed by atoms with Gasteiger partial charge in [-0.3, -0.25) is 9.36 Å². The zero-order valence-corrected chi connectivity index (χ0v) is 17.7. The van der Waals surface area contributed by atoms with Gasteiger partial charge in [0.25, 0.3) is 5.91 Å². The van der Waals surface area contributed by atoms with Crippen LogP contribution in [0.15, 0.2) is 22.7 Å². The molecule has 2 atom stereocenters. The van der Waals surface area contributed by atoms with Crippen LogP contribution in [0.5, 0.6) is 0 Å². The second kappa shape index (κ2) is 7.52. The second-order valence-electron chi connectivity index (χ2n) is 6.98. The molecule has 0 spiro atoms. The van der Waals surface area contributed by atoms with E-state index in [2.05, 4.69) is 28.2 Å². The van der Waals surface area contributed by atoms with E-state index in [4.69, 9.17) is 9.79 Å². The van der Waals surface area contributed by atoms with Gasteiger partial charge in [-0.1, -0.05) is 19.8 Å². The van der Waals surface area contributed by atoms with E-state index in [0.717, 1.165) is 25.7 Å². The first-order valence-corrected chi connectivity index (χ1v) is 11.7. The van der Waals surface area contributed by atoms with Crippen LogP contribution in [0.3, 0.4) is 0 Å². The van der Waals surface area contributed by atoms with Crippen molar-refractivity contribution < 1.29 is 27.9 Å². The third-order valence-corrected chi connectivity index (χ3v) is 8.23. The first-order valence-electron chi connectivity index (χ1n) is 8.47. The maximum Gasteiger partial charge on any atom is 0.400 e. The van der Waals surface area contributed by atoms with Crippen LogP contribution < -0.4 is 5.32 Å². The molecular weight excluding hydrogens is 463 g/mol. The molecule has 1 aromatic heterocycles. The average molecular weight is 482 g/mol. The van der Waals surface area contributed by atoms with Gasteiger partial charge in [0.2, 0.25) is 0 Å². The van der Waals surface area contributed by atoms with E-state index in [-0.39, 0.29) is 16.4 Å². The molecule has 1 heterocycles.